The molecule has 0 aromatic heterocycles. The smallest absolute Gasteiger partial charge is 0.255 e. The van der Waals surface area contributed by atoms with Crippen LogP contribution in [0.5, 0.6) is 5.75 Å². The normalized spacial score (nSPS) is 11.0. The second-order valence-electron chi connectivity index (χ2n) is 8.11. The molecule has 2 amide bonds. The summed E-state index contributed by atoms with van der Waals surface area (Å²) in [7, 11) is 0. The number of amides is 2. The average Bonchev–Trinajstić information content (AvgIpc) is 2.72. The molecule has 0 aliphatic rings. The predicted octanol–water partition coefficient (Wildman–Crippen LogP) is 5.70. The summed E-state index contributed by atoms with van der Waals surface area (Å²) in [5, 5.41) is 6.38. The minimum absolute atomic E-state index is 0.244. The Hall–Kier alpha value is -3.31. The number of rotatable bonds is 6. The van der Waals surface area contributed by atoms with Gasteiger partial charge in [-0.1, -0.05) is 41.9 Å². The summed E-state index contributed by atoms with van der Waals surface area (Å²) >= 11 is 6.14. The van der Waals surface area contributed by atoms with Crippen molar-refractivity contribution in [2.24, 2.45) is 0 Å². The third-order valence-electron chi connectivity index (χ3n) is 4.38. The molecule has 0 spiro atoms. The highest BCUT2D eigenvalue weighted by Crippen LogP contribution is 2.21. The van der Waals surface area contributed by atoms with E-state index in [1.807, 2.05) is 45.0 Å². The molecule has 6 heteroatoms. The second-order valence-corrected chi connectivity index (χ2v) is 8.52. The molecule has 5 nitrogen and oxygen atoms in total. The quantitative estimate of drug-likeness (QED) is 0.520. The Bertz CT molecular complexity index is 1070. The highest BCUT2D eigenvalue weighted by molar-refractivity contribution is 6.31. The van der Waals surface area contributed by atoms with Gasteiger partial charge in [-0.25, -0.2) is 0 Å². The van der Waals surface area contributed by atoms with Crippen molar-refractivity contribution in [2.75, 3.05) is 5.32 Å². The van der Waals surface area contributed by atoms with E-state index in [9.17, 15) is 9.59 Å². The Morgan fingerprint density at radius 1 is 0.871 bits per heavy atom. The maximum Gasteiger partial charge on any atom is 0.255 e. The van der Waals surface area contributed by atoms with E-state index in [1.54, 1.807) is 48.5 Å². The van der Waals surface area contributed by atoms with E-state index >= 15 is 0 Å². The molecule has 0 aliphatic carbocycles. The van der Waals surface area contributed by atoms with Gasteiger partial charge in [0, 0.05) is 21.7 Å². The van der Waals surface area contributed by atoms with E-state index in [-0.39, 0.29) is 17.4 Å². The Kier molecular flexibility index (Phi) is 6.98. The minimum Gasteiger partial charge on any atom is -0.489 e. The van der Waals surface area contributed by atoms with Gasteiger partial charge in [-0.3, -0.25) is 9.59 Å². The van der Waals surface area contributed by atoms with Crippen LogP contribution in [-0.2, 0) is 6.61 Å². The Morgan fingerprint density at radius 2 is 1.52 bits per heavy atom. The van der Waals surface area contributed by atoms with Crippen LogP contribution in [0.1, 0.15) is 47.1 Å². The molecule has 3 aromatic rings. The third-order valence-corrected chi connectivity index (χ3v) is 4.75. The van der Waals surface area contributed by atoms with Crippen molar-refractivity contribution in [3.63, 3.8) is 0 Å². The second kappa shape index (κ2) is 9.67. The molecule has 160 valence electrons. The molecule has 0 bridgehead atoms. The summed E-state index contributed by atoms with van der Waals surface area (Å²) in [4.78, 5) is 25.3. The van der Waals surface area contributed by atoms with Gasteiger partial charge in [0.1, 0.15) is 12.4 Å². The fourth-order valence-corrected chi connectivity index (χ4v) is 3.06. The number of anilines is 1. The first-order valence-corrected chi connectivity index (χ1v) is 10.3. The molecule has 0 saturated carbocycles. The van der Waals surface area contributed by atoms with E-state index < -0.39 is 0 Å². The maximum atomic E-state index is 12.7. The number of para-hydroxylation sites is 1. The molecule has 0 heterocycles. The van der Waals surface area contributed by atoms with Crippen molar-refractivity contribution >= 4 is 29.1 Å². The van der Waals surface area contributed by atoms with Crippen LogP contribution >= 0.6 is 11.6 Å². The standard InChI is InChI=1S/C25H25ClN2O3/c1-25(2,3)28-24(30)20-9-5-7-11-22(20)27-23(29)17-12-14-19(15-13-17)31-16-18-8-4-6-10-21(18)26/h4-15H,16H2,1-3H3,(H,27,29)(H,28,30). The number of carbonyl (C=O) groups excluding carboxylic acids is 2. The molecule has 0 radical (unpaired) electrons. The minimum atomic E-state index is -0.381. The lowest BCUT2D eigenvalue weighted by molar-refractivity contribution is 0.0920. The van der Waals surface area contributed by atoms with Crippen LogP contribution in [0.25, 0.3) is 0 Å². The summed E-state index contributed by atoms with van der Waals surface area (Å²) in [6.45, 7) is 6.05. The van der Waals surface area contributed by atoms with Gasteiger partial charge in [-0.2, -0.15) is 0 Å². The van der Waals surface area contributed by atoms with E-state index in [4.69, 9.17) is 16.3 Å². The number of halogens is 1. The fraction of sp³-hybridized carbons (Fsp3) is 0.200. The average molecular weight is 437 g/mol. The van der Waals surface area contributed by atoms with Crippen molar-refractivity contribution in [1.82, 2.24) is 5.32 Å². The number of benzene rings is 3. The predicted molar refractivity (Wildman–Crippen MR) is 124 cm³/mol. The van der Waals surface area contributed by atoms with Crippen molar-refractivity contribution in [3.05, 3.63) is 94.5 Å². The Morgan fingerprint density at radius 3 is 2.19 bits per heavy atom. The summed E-state index contributed by atoms with van der Waals surface area (Å²) in [5.74, 6) is 0.0711. The van der Waals surface area contributed by atoms with Crippen LogP contribution in [0.2, 0.25) is 5.02 Å². The van der Waals surface area contributed by atoms with Crippen LogP contribution in [0.15, 0.2) is 72.8 Å². The first-order valence-electron chi connectivity index (χ1n) is 9.92. The van der Waals surface area contributed by atoms with Crippen molar-refractivity contribution in [3.8, 4) is 5.75 Å². The van der Waals surface area contributed by atoms with Gasteiger partial charge in [0.05, 0.1) is 11.3 Å². The number of hydrogen-bond acceptors (Lipinski definition) is 3. The summed E-state index contributed by atoms with van der Waals surface area (Å²) < 4.78 is 5.75. The molecule has 0 atom stereocenters. The Balaban J connectivity index is 1.66. The lowest BCUT2D eigenvalue weighted by Gasteiger charge is -2.21. The van der Waals surface area contributed by atoms with Gasteiger partial charge >= 0.3 is 0 Å². The van der Waals surface area contributed by atoms with Crippen molar-refractivity contribution in [2.45, 2.75) is 32.9 Å². The SMILES string of the molecule is CC(C)(C)NC(=O)c1ccccc1NC(=O)c1ccc(OCc2ccccc2Cl)cc1. The lowest BCUT2D eigenvalue weighted by Crippen LogP contribution is -2.40. The van der Waals surface area contributed by atoms with Crippen LogP contribution in [0.3, 0.4) is 0 Å². The van der Waals surface area contributed by atoms with Crippen LogP contribution in [0.4, 0.5) is 5.69 Å². The topological polar surface area (TPSA) is 67.4 Å². The zero-order chi connectivity index (χ0) is 22.4. The van der Waals surface area contributed by atoms with Gasteiger partial charge in [0.2, 0.25) is 0 Å². The molecule has 2 N–H and O–H groups in total. The molecule has 0 aliphatic heterocycles. The van der Waals surface area contributed by atoms with Crippen LogP contribution in [-0.4, -0.2) is 17.4 Å². The van der Waals surface area contributed by atoms with Gasteiger partial charge in [-0.15, -0.1) is 0 Å². The molecule has 0 saturated heterocycles. The van der Waals surface area contributed by atoms with E-state index in [0.29, 0.717) is 34.2 Å². The number of hydrogen-bond donors (Lipinski definition) is 2. The van der Waals surface area contributed by atoms with Gasteiger partial charge in [-0.05, 0) is 63.2 Å². The van der Waals surface area contributed by atoms with Gasteiger partial charge in [0.15, 0.2) is 0 Å². The fourth-order valence-electron chi connectivity index (χ4n) is 2.87. The molecule has 3 rings (SSSR count). The molecule has 0 fully saturated rings. The van der Waals surface area contributed by atoms with Gasteiger partial charge < -0.3 is 15.4 Å². The number of carbonyl (C=O) groups is 2. The first kappa shape index (κ1) is 22.4. The zero-order valence-corrected chi connectivity index (χ0v) is 18.5. The monoisotopic (exact) mass is 436 g/mol. The Labute approximate surface area is 187 Å². The molecular weight excluding hydrogens is 412 g/mol. The van der Waals surface area contributed by atoms with E-state index in [2.05, 4.69) is 10.6 Å². The van der Waals surface area contributed by atoms with Gasteiger partial charge in [0.25, 0.3) is 11.8 Å². The zero-order valence-electron chi connectivity index (χ0n) is 17.7. The highest BCUT2D eigenvalue weighted by atomic mass is 35.5. The number of ether oxygens (including phenoxy) is 1. The largest absolute Gasteiger partial charge is 0.489 e. The summed E-state index contributed by atoms with van der Waals surface area (Å²) in [6.07, 6.45) is 0. The highest BCUT2D eigenvalue weighted by Gasteiger charge is 2.19. The summed E-state index contributed by atoms with van der Waals surface area (Å²) in [6, 6.07) is 21.2. The van der Waals surface area contributed by atoms with Crippen molar-refractivity contribution in [1.29, 1.82) is 0 Å². The molecular formula is C25H25ClN2O3. The van der Waals surface area contributed by atoms with Crippen molar-refractivity contribution < 1.29 is 14.3 Å². The summed E-state index contributed by atoms with van der Waals surface area (Å²) in [5.41, 5.74) is 1.82. The van der Waals surface area contributed by atoms with E-state index in [1.165, 1.54) is 0 Å². The maximum absolute atomic E-state index is 12.7. The lowest BCUT2D eigenvalue weighted by atomic mass is 10.1. The third kappa shape index (κ3) is 6.33. The first-order chi connectivity index (χ1) is 14.7. The van der Waals surface area contributed by atoms with Crippen LogP contribution in [0, 0.1) is 0 Å². The van der Waals surface area contributed by atoms with E-state index in [0.717, 1.165) is 5.56 Å². The molecule has 3 aromatic carbocycles. The molecule has 0 unspecified atom stereocenters. The molecule has 31 heavy (non-hydrogen) atoms. The van der Waals surface area contributed by atoms with Crippen LogP contribution < -0.4 is 15.4 Å². The number of nitrogens with one attached hydrogen (secondary N) is 2.